The minimum atomic E-state index is -0.309. The Labute approximate surface area is 127 Å². The summed E-state index contributed by atoms with van der Waals surface area (Å²) in [5.41, 5.74) is 0.578. The lowest BCUT2D eigenvalue weighted by Gasteiger charge is -2.22. The second kappa shape index (κ2) is 7.79. The highest BCUT2D eigenvalue weighted by molar-refractivity contribution is 14.1. The molecule has 0 aliphatic rings. The first-order valence-electron chi connectivity index (χ1n) is 6.34. The van der Waals surface area contributed by atoms with Crippen molar-refractivity contribution < 1.29 is 9.18 Å². The fraction of sp³-hybridized carbons (Fsp3) is 0.500. The Morgan fingerprint density at radius 2 is 2.00 bits per heavy atom. The molecule has 0 unspecified atom stereocenters. The minimum absolute atomic E-state index is 0.0225. The molecule has 0 saturated heterocycles. The molecular weight excluding hydrogens is 358 g/mol. The average molecular weight is 378 g/mol. The van der Waals surface area contributed by atoms with Crippen LogP contribution in [0.15, 0.2) is 18.2 Å². The number of benzene rings is 1. The fourth-order valence-corrected chi connectivity index (χ4v) is 2.52. The van der Waals surface area contributed by atoms with E-state index in [9.17, 15) is 9.18 Å². The molecule has 1 rings (SSSR count). The third kappa shape index (κ3) is 5.06. The van der Waals surface area contributed by atoms with Gasteiger partial charge in [-0.05, 0) is 74.8 Å². The summed E-state index contributed by atoms with van der Waals surface area (Å²) in [5, 5.41) is 0. The Bertz CT molecular complexity index is 437. The molecule has 0 N–H and O–H groups in total. The van der Waals surface area contributed by atoms with Crippen LogP contribution in [0.1, 0.15) is 23.7 Å². The SMILES string of the molecule is CCN(CCCN(C)C)C(=O)c1ccc(F)cc1I. The molecule has 1 amide bonds. The molecule has 0 bridgehead atoms. The predicted octanol–water partition coefficient (Wildman–Crippen LogP) is 2.84. The van der Waals surface area contributed by atoms with Crippen molar-refractivity contribution in [1.29, 1.82) is 0 Å². The molecule has 0 fully saturated rings. The van der Waals surface area contributed by atoms with Crippen molar-refractivity contribution >= 4 is 28.5 Å². The molecule has 1 aromatic carbocycles. The molecule has 0 heterocycles. The maximum absolute atomic E-state index is 13.1. The van der Waals surface area contributed by atoms with Crippen molar-refractivity contribution in [2.75, 3.05) is 33.7 Å². The monoisotopic (exact) mass is 378 g/mol. The fourth-order valence-electron chi connectivity index (χ4n) is 1.81. The molecule has 0 aliphatic heterocycles. The summed E-state index contributed by atoms with van der Waals surface area (Å²) in [6.45, 7) is 4.30. The van der Waals surface area contributed by atoms with Gasteiger partial charge in [-0.1, -0.05) is 0 Å². The molecule has 0 spiro atoms. The highest BCUT2D eigenvalue weighted by Gasteiger charge is 2.16. The molecule has 106 valence electrons. The van der Waals surface area contributed by atoms with Crippen molar-refractivity contribution in [3.63, 3.8) is 0 Å². The van der Waals surface area contributed by atoms with Crippen LogP contribution < -0.4 is 0 Å². The van der Waals surface area contributed by atoms with Gasteiger partial charge >= 0.3 is 0 Å². The molecule has 5 heteroatoms. The van der Waals surface area contributed by atoms with Crippen molar-refractivity contribution in [2.24, 2.45) is 0 Å². The largest absolute Gasteiger partial charge is 0.339 e. The van der Waals surface area contributed by atoms with Crippen LogP contribution in [0, 0.1) is 9.39 Å². The van der Waals surface area contributed by atoms with Crippen LogP contribution in [-0.2, 0) is 0 Å². The quantitative estimate of drug-likeness (QED) is 0.711. The Hall–Kier alpha value is -0.690. The lowest BCUT2D eigenvalue weighted by molar-refractivity contribution is 0.0758. The summed E-state index contributed by atoms with van der Waals surface area (Å²) in [6, 6.07) is 4.29. The van der Waals surface area contributed by atoms with Crippen molar-refractivity contribution in [3.8, 4) is 0 Å². The van der Waals surface area contributed by atoms with Crippen LogP contribution in [0.4, 0.5) is 4.39 Å². The summed E-state index contributed by atoms with van der Waals surface area (Å²) < 4.78 is 13.7. The standard InChI is InChI=1S/C14H20FIN2O/c1-4-18(9-5-8-17(2)3)14(19)12-7-6-11(15)10-13(12)16/h6-7,10H,4-5,8-9H2,1-3H3. The third-order valence-corrected chi connectivity index (χ3v) is 3.76. The van der Waals surface area contributed by atoms with E-state index < -0.39 is 0 Å². The zero-order chi connectivity index (χ0) is 14.4. The van der Waals surface area contributed by atoms with Crippen LogP contribution in [-0.4, -0.2) is 49.4 Å². The van der Waals surface area contributed by atoms with Crippen LogP contribution in [0.25, 0.3) is 0 Å². The Kier molecular flexibility index (Phi) is 6.71. The summed E-state index contributed by atoms with van der Waals surface area (Å²) >= 11 is 2.00. The van der Waals surface area contributed by atoms with Crippen molar-refractivity contribution in [3.05, 3.63) is 33.1 Å². The van der Waals surface area contributed by atoms with Gasteiger partial charge in [0.2, 0.25) is 0 Å². The minimum Gasteiger partial charge on any atom is -0.339 e. The van der Waals surface area contributed by atoms with E-state index in [1.807, 2.05) is 43.6 Å². The van der Waals surface area contributed by atoms with Gasteiger partial charge in [0.05, 0.1) is 5.56 Å². The first-order chi connectivity index (χ1) is 8.95. The average Bonchev–Trinajstić information content (AvgIpc) is 2.33. The molecule has 19 heavy (non-hydrogen) atoms. The number of halogens is 2. The van der Waals surface area contributed by atoms with Crippen LogP contribution >= 0.6 is 22.6 Å². The zero-order valence-electron chi connectivity index (χ0n) is 11.6. The molecular formula is C14H20FIN2O. The van der Waals surface area contributed by atoms with E-state index in [0.717, 1.165) is 19.5 Å². The maximum atomic E-state index is 13.1. The highest BCUT2D eigenvalue weighted by Crippen LogP contribution is 2.16. The molecule has 0 aromatic heterocycles. The Balaban J connectivity index is 2.72. The second-order valence-electron chi connectivity index (χ2n) is 4.67. The van der Waals surface area contributed by atoms with Gasteiger partial charge in [-0.15, -0.1) is 0 Å². The Morgan fingerprint density at radius 3 is 2.53 bits per heavy atom. The van der Waals surface area contributed by atoms with Gasteiger partial charge < -0.3 is 9.80 Å². The lowest BCUT2D eigenvalue weighted by Crippen LogP contribution is -2.33. The normalized spacial score (nSPS) is 10.8. The predicted molar refractivity (Wildman–Crippen MR) is 83.9 cm³/mol. The first kappa shape index (κ1) is 16.4. The molecule has 0 aliphatic carbocycles. The Morgan fingerprint density at radius 1 is 1.32 bits per heavy atom. The van der Waals surface area contributed by atoms with Crippen LogP contribution in [0.5, 0.6) is 0 Å². The van der Waals surface area contributed by atoms with Crippen molar-refractivity contribution in [2.45, 2.75) is 13.3 Å². The molecule has 0 radical (unpaired) electrons. The van der Waals surface area contributed by atoms with Gasteiger partial charge in [0, 0.05) is 16.7 Å². The van der Waals surface area contributed by atoms with E-state index >= 15 is 0 Å². The second-order valence-corrected chi connectivity index (χ2v) is 5.83. The van der Waals surface area contributed by atoms with E-state index in [-0.39, 0.29) is 11.7 Å². The first-order valence-corrected chi connectivity index (χ1v) is 7.42. The van der Waals surface area contributed by atoms with Crippen LogP contribution in [0.3, 0.4) is 0 Å². The van der Waals surface area contributed by atoms with E-state index in [1.54, 1.807) is 11.0 Å². The lowest BCUT2D eigenvalue weighted by atomic mass is 10.2. The van der Waals surface area contributed by atoms with Crippen LogP contribution in [0.2, 0.25) is 0 Å². The van der Waals surface area contributed by atoms with Gasteiger partial charge in [0.1, 0.15) is 5.82 Å². The topological polar surface area (TPSA) is 23.6 Å². The molecule has 3 nitrogen and oxygen atoms in total. The summed E-state index contributed by atoms with van der Waals surface area (Å²) in [6.07, 6.45) is 0.935. The van der Waals surface area contributed by atoms with E-state index in [1.165, 1.54) is 12.1 Å². The highest BCUT2D eigenvalue weighted by atomic mass is 127. The number of hydrogen-bond donors (Lipinski definition) is 0. The number of carbonyl (C=O) groups is 1. The van der Waals surface area contributed by atoms with E-state index in [0.29, 0.717) is 15.7 Å². The van der Waals surface area contributed by atoms with Gasteiger partial charge in [0.15, 0.2) is 0 Å². The number of rotatable bonds is 6. The number of amides is 1. The van der Waals surface area contributed by atoms with Gasteiger partial charge in [0.25, 0.3) is 5.91 Å². The van der Waals surface area contributed by atoms with Crippen molar-refractivity contribution in [1.82, 2.24) is 9.80 Å². The third-order valence-electron chi connectivity index (χ3n) is 2.86. The maximum Gasteiger partial charge on any atom is 0.254 e. The summed E-state index contributed by atoms with van der Waals surface area (Å²) in [4.78, 5) is 16.3. The molecule has 0 atom stereocenters. The summed E-state index contributed by atoms with van der Waals surface area (Å²) in [5.74, 6) is -0.331. The zero-order valence-corrected chi connectivity index (χ0v) is 13.8. The molecule has 1 aromatic rings. The summed E-state index contributed by atoms with van der Waals surface area (Å²) in [7, 11) is 4.03. The number of nitrogens with zero attached hydrogens (tertiary/aromatic N) is 2. The van der Waals surface area contributed by atoms with E-state index in [4.69, 9.17) is 0 Å². The van der Waals surface area contributed by atoms with E-state index in [2.05, 4.69) is 4.90 Å². The van der Waals surface area contributed by atoms with Gasteiger partial charge in [-0.3, -0.25) is 4.79 Å². The number of hydrogen-bond acceptors (Lipinski definition) is 2. The smallest absolute Gasteiger partial charge is 0.254 e. The van der Waals surface area contributed by atoms with Gasteiger partial charge in [-0.25, -0.2) is 4.39 Å². The molecule has 0 saturated carbocycles. The number of carbonyl (C=O) groups excluding carboxylic acids is 1. The van der Waals surface area contributed by atoms with Gasteiger partial charge in [-0.2, -0.15) is 0 Å².